The number of rotatable bonds is 5. The second kappa shape index (κ2) is 6.88. The van der Waals surface area contributed by atoms with Crippen molar-refractivity contribution in [2.24, 2.45) is 0 Å². The van der Waals surface area contributed by atoms with Crippen LogP contribution in [0.15, 0.2) is 24.3 Å². The molecule has 0 saturated carbocycles. The van der Waals surface area contributed by atoms with E-state index in [1.165, 1.54) is 0 Å². The van der Waals surface area contributed by atoms with Crippen LogP contribution in [0.4, 0.5) is 0 Å². The SMILES string of the molecule is O=C(N[C@H]1CCS(=O)(=O)C1)c1ccc(OC[C@H]2CCCO2)cc1. The molecule has 0 radical (unpaired) electrons. The van der Waals surface area contributed by atoms with Crippen molar-refractivity contribution >= 4 is 15.7 Å². The van der Waals surface area contributed by atoms with Crippen molar-refractivity contribution in [3.8, 4) is 5.75 Å². The van der Waals surface area contributed by atoms with Gasteiger partial charge >= 0.3 is 0 Å². The van der Waals surface area contributed by atoms with Gasteiger partial charge in [-0.1, -0.05) is 0 Å². The Hall–Kier alpha value is -1.60. The molecule has 2 fully saturated rings. The van der Waals surface area contributed by atoms with Gasteiger partial charge in [0.2, 0.25) is 0 Å². The van der Waals surface area contributed by atoms with Gasteiger partial charge in [-0.25, -0.2) is 8.42 Å². The van der Waals surface area contributed by atoms with Gasteiger partial charge < -0.3 is 14.8 Å². The van der Waals surface area contributed by atoms with E-state index in [0.717, 1.165) is 19.4 Å². The predicted octanol–water partition coefficient (Wildman–Crippen LogP) is 1.16. The Morgan fingerprint density at radius 1 is 1.26 bits per heavy atom. The largest absolute Gasteiger partial charge is 0.491 e. The van der Waals surface area contributed by atoms with Crippen LogP contribution in [0.25, 0.3) is 0 Å². The zero-order valence-electron chi connectivity index (χ0n) is 12.9. The zero-order chi connectivity index (χ0) is 16.3. The van der Waals surface area contributed by atoms with E-state index in [-0.39, 0.29) is 29.6 Å². The van der Waals surface area contributed by atoms with Gasteiger partial charge in [-0.2, -0.15) is 0 Å². The third-order valence-electron chi connectivity index (χ3n) is 4.14. The number of hydrogen-bond acceptors (Lipinski definition) is 5. The van der Waals surface area contributed by atoms with E-state index in [9.17, 15) is 13.2 Å². The van der Waals surface area contributed by atoms with Crippen molar-refractivity contribution in [3.63, 3.8) is 0 Å². The van der Waals surface area contributed by atoms with Gasteiger partial charge in [0, 0.05) is 18.2 Å². The van der Waals surface area contributed by atoms with Crippen molar-refractivity contribution in [3.05, 3.63) is 29.8 Å². The van der Waals surface area contributed by atoms with E-state index in [1.54, 1.807) is 24.3 Å². The first kappa shape index (κ1) is 16.3. The molecule has 0 unspecified atom stereocenters. The highest BCUT2D eigenvalue weighted by atomic mass is 32.2. The quantitative estimate of drug-likeness (QED) is 0.871. The fraction of sp³-hybridized carbons (Fsp3) is 0.562. The first-order valence-corrected chi connectivity index (χ1v) is 9.70. The third-order valence-corrected chi connectivity index (χ3v) is 5.91. The molecule has 7 heteroatoms. The topological polar surface area (TPSA) is 81.7 Å². The van der Waals surface area contributed by atoms with E-state index in [1.807, 2.05) is 0 Å². The Morgan fingerprint density at radius 3 is 2.65 bits per heavy atom. The summed E-state index contributed by atoms with van der Waals surface area (Å²) in [5.41, 5.74) is 0.499. The second-order valence-corrected chi connectivity index (χ2v) is 8.27. The van der Waals surface area contributed by atoms with Crippen LogP contribution in [0, 0.1) is 0 Å². The molecule has 2 heterocycles. The van der Waals surface area contributed by atoms with Crippen molar-refractivity contribution in [2.75, 3.05) is 24.7 Å². The van der Waals surface area contributed by atoms with E-state index in [0.29, 0.717) is 24.3 Å². The van der Waals surface area contributed by atoms with Crippen LogP contribution in [0.1, 0.15) is 29.6 Å². The number of benzene rings is 1. The first-order valence-electron chi connectivity index (χ1n) is 7.88. The maximum atomic E-state index is 12.1. The molecular weight excluding hydrogens is 318 g/mol. The average molecular weight is 339 g/mol. The van der Waals surface area contributed by atoms with Crippen LogP contribution in [0.2, 0.25) is 0 Å². The minimum atomic E-state index is -2.99. The minimum Gasteiger partial charge on any atom is -0.491 e. The summed E-state index contributed by atoms with van der Waals surface area (Å²) >= 11 is 0. The van der Waals surface area contributed by atoms with Crippen molar-refractivity contribution in [1.82, 2.24) is 5.32 Å². The highest BCUT2D eigenvalue weighted by Gasteiger charge is 2.29. The van der Waals surface area contributed by atoms with Crippen LogP contribution in [0.3, 0.4) is 0 Å². The van der Waals surface area contributed by atoms with Crippen molar-refractivity contribution in [2.45, 2.75) is 31.4 Å². The summed E-state index contributed by atoms with van der Waals surface area (Å²) in [4.78, 5) is 12.1. The molecule has 126 valence electrons. The van der Waals surface area contributed by atoms with Crippen LogP contribution in [0.5, 0.6) is 5.75 Å². The highest BCUT2D eigenvalue weighted by molar-refractivity contribution is 7.91. The van der Waals surface area contributed by atoms with E-state index in [4.69, 9.17) is 9.47 Å². The number of carbonyl (C=O) groups is 1. The van der Waals surface area contributed by atoms with Crippen LogP contribution >= 0.6 is 0 Å². The molecule has 0 aliphatic carbocycles. The molecule has 3 rings (SSSR count). The Bertz CT molecular complexity index is 650. The molecule has 2 saturated heterocycles. The zero-order valence-corrected chi connectivity index (χ0v) is 13.7. The molecule has 2 aliphatic rings. The number of amides is 1. The fourth-order valence-corrected chi connectivity index (χ4v) is 4.52. The molecule has 1 N–H and O–H groups in total. The van der Waals surface area contributed by atoms with E-state index in [2.05, 4.69) is 5.32 Å². The molecule has 0 aromatic heterocycles. The summed E-state index contributed by atoms with van der Waals surface area (Å²) < 4.78 is 34.0. The molecule has 2 aliphatic heterocycles. The summed E-state index contributed by atoms with van der Waals surface area (Å²) in [5, 5.41) is 2.77. The lowest BCUT2D eigenvalue weighted by molar-refractivity contribution is 0.0679. The predicted molar refractivity (Wildman–Crippen MR) is 85.4 cm³/mol. The number of carbonyl (C=O) groups excluding carboxylic acids is 1. The molecule has 1 aromatic rings. The maximum Gasteiger partial charge on any atom is 0.251 e. The van der Waals surface area contributed by atoms with Gasteiger partial charge in [0.25, 0.3) is 5.91 Å². The van der Waals surface area contributed by atoms with Crippen LogP contribution in [-0.2, 0) is 14.6 Å². The summed E-state index contributed by atoms with van der Waals surface area (Å²) in [5.74, 6) is 0.619. The Kier molecular flexibility index (Phi) is 4.87. The van der Waals surface area contributed by atoms with Crippen LogP contribution in [-0.4, -0.2) is 51.2 Å². The Labute approximate surface area is 136 Å². The number of nitrogens with one attached hydrogen (secondary N) is 1. The van der Waals surface area contributed by atoms with Gasteiger partial charge in [0.05, 0.1) is 17.6 Å². The van der Waals surface area contributed by atoms with Gasteiger partial charge in [0.1, 0.15) is 12.4 Å². The molecule has 6 nitrogen and oxygen atoms in total. The van der Waals surface area contributed by atoms with Crippen LogP contribution < -0.4 is 10.1 Å². The Morgan fingerprint density at radius 2 is 2.04 bits per heavy atom. The summed E-state index contributed by atoms with van der Waals surface area (Å²) in [7, 11) is -2.99. The molecule has 0 spiro atoms. The lowest BCUT2D eigenvalue weighted by Crippen LogP contribution is -2.35. The molecule has 1 amide bonds. The first-order chi connectivity index (χ1) is 11.0. The van der Waals surface area contributed by atoms with Gasteiger partial charge in [0.15, 0.2) is 9.84 Å². The molecule has 23 heavy (non-hydrogen) atoms. The highest BCUT2D eigenvalue weighted by Crippen LogP contribution is 2.17. The molecule has 0 bridgehead atoms. The normalized spacial score (nSPS) is 26.1. The van der Waals surface area contributed by atoms with E-state index < -0.39 is 9.84 Å². The summed E-state index contributed by atoms with van der Waals surface area (Å²) in [6.07, 6.45) is 2.73. The monoisotopic (exact) mass is 339 g/mol. The minimum absolute atomic E-state index is 0.0291. The lowest BCUT2D eigenvalue weighted by Gasteiger charge is -2.13. The molecule has 1 aromatic carbocycles. The number of ether oxygens (including phenoxy) is 2. The van der Waals surface area contributed by atoms with Crippen molar-refractivity contribution < 1.29 is 22.7 Å². The Balaban J connectivity index is 1.51. The lowest BCUT2D eigenvalue weighted by atomic mass is 10.2. The number of sulfone groups is 1. The van der Waals surface area contributed by atoms with E-state index >= 15 is 0 Å². The fourth-order valence-electron chi connectivity index (χ4n) is 2.85. The standard InChI is InChI=1S/C16H21NO5S/c18-16(17-13-7-9-23(19,20)11-13)12-3-5-14(6-4-12)22-10-15-2-1-8-21-15/h3-6,13,15H,1-2,7-11H2,(H,17,18)/t13-,15+/m0/s1. The third kappa shape index (κ3) is 4.45. The summed E-state index contributed by atoms with van der Waals surface area (Å²) in [6, 6.07) is 6.57. The van der Waals surface area contributed by atoms with Crippen molar-refractivity contribution in [1.29, 1.82) is 0 Å². The number of hydrogen-bond donors (Lipinski definition) is 1. The maximum absolute atomic E-state index is 12.1. The summed E-state index contributed by atoms with van der Waals surface area (Å²) in [6.45, 7) is 1.31. The molecular formula is C16H21NO5S. The second-order valence-electron chi connectivity index (χ2n) is 6.04. The molecule has 2 atom stereocenters. The van der Waals surface area contributed by atoms with Gasteiger partial charge in [-0.05, 0) is 43.5 Å². The van der Waals surface area contributed by atoms with Gasteiger partial charge in [-0.3, -0.25) is 4.79 Å². The smallest absolute Gasteiger partial charge is 0.251 e. The van der Waals surface area contributed by atoms with Gasteiger partial charge in [-0.15, -0.1) is 0 Å². The average Bonchev–Trinajstić information content (AvgIpc) is 3.15.